The molecule has 2 rings (SSSR count). The van der Waals surface area contributed by atoms with E-state index in [1.807, 2.05) is 25.7 Å². The van der Waals surface area contributed by atoms with Crippen LogP contribution in [0.2, 0.25) is 10.0 Å². The normalized spacial score (nSPS) is 22.0. The van der Waals surface area contributed by atoms with E-state index >= 15 is 0 Å². The number of hydrogen-bond donors (Lipinski definition) is 1. The van der Waals surface area contributed by atoms with Gasteiger partial charge < -0.3 is 15.4 Å². The van der Waals surface area contributed by atoms with Gasteiger partial charge in [0.1, 0.15) is 11.4 Å². The molecule has 122 valence electrons. The first-order valence-electron chi connectivity index (χ1n) is 7.09. The summed E-state index contributed by atoms with van der Waals surface area (Å²) in [5.74, 6) is 0.0829. The van der Waals surface area contributed by atoms with Gasteiger partial charge in [0.05, 0.1) is 15.6 Å². The lowest BCUT2D eigenvalue weighted by molar-refractivity contribution is 0.00750. The fraction of sp³-hybridized carbons (Fsp3) is 0.500. The molecule has 1 heterocycles. The van der Waals surface area contributed by atoms with Crippen LogP contribution in [0.1, 0.15) is 32.8 Å². The van der Waals surface area contributed by atoms with Gasteiger partial charge in [-0.25, -0.2) is 4.39 Å². The molecule has 1 aromatic rings. The molecule has 0 radical (unpaired) electrons. The molecule has 6 heteroatoms. The Morgan fingerprint density at radius 3 is 2.64 bits per heavy atom. The molecule has 1 saturated heterocycles. The summed E-state index contributed by atoms with van der Waals surface area (Å²) in [6, 6.07) is 2.72. The third-order valence-electron chi connectivity index (χ3n) is 3.62. The van der Waals surface area contributed by atoms with E-state index in [1.54, 1.807) is 0 Å². The highest BCUT2D eigenvalue weighted by molar-refractivity contribution is 6.42. The number of rotatable bonds is 3. The number of nitrogens with zero attached hydrogens (tertiary/aromatic N) is 1. The van der Waals surface area contributed by atoms with Crippen LogP contribution in [0.3, 0.4) is 0 Å². The number of nitrogens with two attached hydrogens (primary N) is 1. The van der Waals surface area contributed by atoms with Crippen LogP contribution in [0.25, 0.3) is 0 Å². The molecule has 0 saturated carbocycles. The second kappa shape index (κ2) is 5.91. The number of hydrogen-bond acceptors (Lipinski definition) is 3. The van der Waals surface area contributed by atoms with Gasteiger partial charge in [-0.15, -0.1) is 0 Å². The number of halogens is 3. The monoisotopic (exact) mass is 346 g/mol. The van der Waals surface area contributed by atoms with Crippen LogP contribution in [0, 0.1) is 5.82 Å². The first-order chi connectivity index (χ1) is 10.0. The summed E-state index contributed by atoms with van der Waals surface area (Å²) in [7, 11) is 0. The average molecular weight is 347 g/mol. The molecule has 0 bridgehead atoms. The molecule has 3 nitrogen and oxygen atoms in total. The molecular weight excluding hydrogens is 326 g/mol. The Morgan fingerprint density at radius 2 is 2.05 bits per heavy atom. The van der Waals surface area contributed by atoms with Crippen LogP contribution >= 0.6 is 23.2 Å². The first-order valence-corrected chi connectivity index (χ1v) is 7.85. The molecular formula is C16H21Cl2FN2O. The molecule has 0 amide bonds. The van der Waals surface area contributed by atoms with Crippen LogP contribution in [0.5, 0.6) is 0 Å². The fourth-order valence-corrected chi connectivity index (χ4v) is 3.15. The summed E-state index contributed by atoms with van der Waals surface area (Å²) in [5.41, 5.74) is 5.41. The van der Waals surface area contributed by atoms with Gasteiger partial charge in [0.25, 0.3) is 0 Å². The zero-order valence-electron chi connectivity index (χ0n) is 13.0. The average Bonchev–Trinajstić information content (AvgIpc) is 2.76. The Hall–Kier alpha value is -0.970. The van der Waals surface area contributed by atoms with E-state index in [0.29, 0.717) is 30.4 Å². The number of benzene rings is 1. The van der Waals surface area contributed by atoms with Crippen molar-refractivity contribution in [1.29, 1.82) is 0 Å². The second-order valence-corrected chi connectivity index (χ2v) is 7.44. The van der Waals surface area contributed by atoms with E-state index in [1.165, 1.54) is 12.1 Å². The SMILES string of the molecule is C=C(OC(C)(C)C)N1CCC(N)(c2c(F)ccc(Cl)c2Cl)C1. The predicted molar refractivity (Wildman–Crippen MR) is 88.5 cm³/mol. The first kappa shape index (κ1) is 17.4. The summed E-state index contributed by atoms with van der Waals surface area (Å²) < 4.78 is 20.0. The quantitative estimate of drug-likeness (QED) is 0.655. The molecule has 0 aliphatic carbocycles. The van der Waals surface area contributed by atoms with E-state index in [0.717, 1.165) is 0 Å². The van der Waals surface area contributed by atoms with Gasteiger partial charge in [-0.1, -0.05) is 23.2 Å². The Bertz CT molecular complexity index is 601. The van der Waals surface area contributed by atoms with Crippen molar-refractivity contribution < 1.29 is 9.13 Å². The third-order valence-corrected chi connectivity index (χ3v) is 4.42. The minimum absolute atomic E-state index is 0.174. The van der Waals surface area contributed by atoms with Crippen molar-refractivity contribution in [2.45, 2.75) is 38.3 Å². The summed E-state index contributed by atoms with van der Waals surface area (Å²) in [5, 5.41) is 0.472. The Labute approximate surface area is 140 Å². The van der Waals surface area contributed by atoms with Crippen molar-refractivity contribution in [3.8, 4) is 0 Å². The van der Waals surface area contributed by atoms with Crippen molar-refractivity contribution in [2.24, 2.45) is 5.73 Å². The van der Waals surface area contributed by atoms with E-state index in [-0.39, 0.29) is 16.2 Å². The molecule has 0 spiro atoms. The topological polar surface area (TPSA) is 38.5 Å². The van der Waals surface area contributed by atoms with Gasteiger partial charge in [-0.2, -0.15) is 0 Å². The summed E-state index contributed by atoms with van der Waals surface area (Å²) in [6.07, 6.45) is 0.538. The van der Waals surface area contributed by atoms with Crippen molar-refractivity contribution in [3.63, 3.8) is 0 Å². The Kier molecular flexibility index (Phi) is 4.67. The van der Waals surface area contributed by atoms with E-state index in [2.05, 4.69) is 6.58 Å². The number of ether oxygens (including phenoxy) is 1. The minimum Gasteiger partial charge on any atom is -0.474 e. The smallest absolute Gasteiger partial charge is 0.182 e. The molecule has 1 fully saturated rings. The standard InChI is InChI=1S/C16H21Cl2FN2O/c1-10(22-15(2,3)4)21-8-7-16(20,9-21)13-12(19)6-5-11(17)14(13)18/h5-6H,1,7-9,20H2,2-4H3. The van der Waals surface area contributed by atoms with E-state index in [4.69, 9.17) is 33.7 Å². The summed E-state index contributed by atoms with van der Waals surface area (Å²) in [4.78, 5) is 1.90. The van der Waals surface area contributed by atoms with Gasteiger partial charge in [0, 0.05) is 18.7 Å². The van der Waals surface area contributed by atoms with Crippen molar-refractivity contribution >= 4 is 23.2 Å². The molecule has 1 aromatic carbocycles. The zero-order chi connectivity index (χ0) is 16.7. The van der Waals surface area contributed by atoms with Crippen LogP contribution in [-0.4, -0.2) is 23.6 Å². The highest BCUT2D eigenvalue weighted by Crippen LogP contribution is 2.40. The molecule has 2 N–H and O–H groups in total. The lowest BCUT2D eigenvalue weighted by Gasteiger charge is -2.31. The Morgan fingerprint density at radius 1 is 1.41 bits per heavy atom. The second-order valence-electron chi connectivity index (χ2n) is 6.65. The maximum atomic E-state index is 14.2. The molecule has 22 heavy (non-hydrogen) atoms. The summed E-state index contributed by atoms with van der Waals surface area (Å²) in [6.45, 7) is 10.8. The predicted octanol–water partition coefficient (Wildman–Crippen LogP) is 4.28. The molecule has 1 aliphatic heterocycles. The van der Waals surface area contributed by atoms with Crippen molar-refractivity contribution in [3.05, 3.63) is 46.0 Å². The van der Waals surface area contributed by atoms with Gasteiger partial charge in [0.15, 0.2) is 5.88 Å². The highest BCUT2D eigenvalue weighted by Gasteiger charge is 2.41. The van der Waals surface area contributed by atoms with Crippen LogP contribution < -0.4 is 5.73 Å². The van der Waals surface area contributed by atoms with E-state index in [9.17, 15) is 4.39 Å². The Balaban J connectivity index is 2.25. The molecule has 1 atom stereocenters. The zero-order valence-corrected chi connectivity index (χ0v) is 14.6. The van der Waals surface area contributed by atoms with Crippen molar-refractivity contribution in [2.75, 3.05) is 13.1 Å². The van der Waals surface area contributed by atoms with E-state index < -0.39 is 11.4 Å². The fourth-order valence-electron chi connectivity index (χ4n) is 2.65. The lowest BCUT2D eigenvalue weighted by Crippen LogP contribution is -2.41. The minimum atomic E-state index is -0.920. The maximum Gasteiger partial charge on any atom is 0.182 e. The van der Waals surface area contributed by atoms with Gasteiger partial charge in [-0.05, 0) is 45.9 Å². The molecule has 1 aliphatic rings. The summed E-state index contributed by atoms with van der Waals surface area (Å²) >= 11 is 12.2. The highest BCUT2D eigenvalue weighted by atomic mass is 35.5. The van der Waals surface area contributed by atoms with Crippen molar-refractivity contribution in [1.82, 2.24) is 4.90 Å². The van der Waals surface area contributed by atoms with Crippen LogP contribution in [0.15, 0.2) is 24.6 Å². The maximum absolute atomic E-state index is 14.2. The van der Waals surface area contributed by atoms with Gasteiger partial charge >= 0.3 is 0 Å². The van der Waals surface area contributed by atoms with Crippen LogP contribution in [-0.2, 0) is 10.3 Å². The van der Waals surface area contributed by atoms with Gasteiger partial charge in [-0.3, -0.25) is 0 Å². The largest absolute Gasteiger partial charge is 0.474 e. The van der Waals surface area contributed by atoms with Crippen LogP contribution in [0.4, 0.5) is 4.39 Å². The lowest BCUT2D eigenvalue weighted by atomic mass is 9.89. The third kappa shape index (κ3) is 3.50. The van der Waals surface area contributed by atoms with Gasteiger partial charge in [0.2, 0.25) is 0 Å². The molecule has 1 unspecified atom stereocenters. The molecule has 0 aromatic heterocycles. The number of likely N-dealkylation sites (tertiary alicyclic amines) is 1.